The van der Waals surface area contributed by atoms with Gasteiger partial charge in [0.15, 0.2) is 0 Å². The van der Waals surface area contributed by atoms with Gasteiger partial charge >= 0.3 is 5.97 Å². The average molecular weight is 258 g/mol. The van der Waals surface area contributed by atoms with E-state index in [0.29, 0.717) is 11.6 Å². The lowest BCUT2D eigenvalue weighted by Crippen LogP contribution is -2.26. The summed E-state index contributed by atoms with van der Waals surface area (Å²) in [5.41, 5.74) is 1.38. The Labute approximate surface area is 113 Å². The van der Waals surface area contributed by atoms with Crippen LogP contribution in [0.25, 0.3) is 0 Å². The van der Waals surface area contributed by atoms with Crippen molar-refractivity contribution in [3.05, 3.63) is 29.8 Å². The summed E-state index contributed by atoms with van der Waals surface area (Å²) in [4.78, 5) is 11.7. The number of methoxy groups -OCH3 is 1. The Kier molecular flexibility index (Phi) is 4.40. The number of hydrogen-bond acceptors (Lipinski definition) is 4. The second-order valence-corrected chi connectivity index (χ2v) is 4.86. The molecule has 4 nitrogen and oxygen atoms in total. The number of nitriles is 1. The second-order valence-electron chi connectivity index (χ2n) is 4.86. The molecule has 0 spiro atoms. The first kappa shape index (κ1) is 13.4. The van der Waals surface area contributed by atoms with E-state index in [9.17, 15) is 4.79 Å². The molecule has 0 atom stereocenters. The summed E-state index contributed by atoms with van der Waals surface area (Å²) in [6, 6.07) is 10.0. The molecule has 1 fully saturated rings. The van der Waals surface area contributed by atoms with Gasteiger partial charge in [-0.1, -0.05) is 12.1 Å². The van der Waals surface area contributed by atoms with Crippen LogP contribution in [0.4, 0.5) is 5.69 Å². The number of benzene rings is 1. The summed E-state index contributed by atoms with van der Waals surface area (Å²) < 4.78 is 4.78. The van der Waals surface area contributed by atoms with E-state index in [1.165, 1.54) is 7.11 Å². The molecule has 19 heavy (non-hydrogen) atoms. The van der Waals surface area contributed by atoms with E-state index in [-0.39, 0.29) is 11.9 Å². The molecule has 1 N–H and O–H groups in total. The summed E-state index contributed by atoms with van der Waals surface area (Å²) in [5.74, 6) is -0.136. The van der Waals surface area contributed by atoms with E-state index in [4.69, 9.17) is 10.00 Å². The predicted octanol–water partition coefficient (Wildman–Crippen LogP) is 2.97. The Balaban J connectivity index is 2.04. The molecule has 4 heteroatoms. The number of nitrogens with zero attached hydrogens (tertiary/aromatic N) is 1. The number of anilines is 1. The molecule has 1 aromatic rings. The normalized spacial score (nSPS) is 22.3. The monoisotopic (exact) mass is 258 g/mol. The van der Waals surface area contributed by atoms with Crippen molar-refractivity contribution in [3.8, 4) is 6.07 Å². The highest BCUT2D eigenvalue weighted by Crippen LogP contribution is 2.27. The van der Waals surface area contributed by atoms with Gasteiger partial charge < -0.3 is 10.1 Å². The van der Waals surface area contributed by atoms with E-state index in [1.54, 1.807) is 6.07 Å². The van der Waals surface area contributed by atoms with Gasteiger partial charge in [-0.3, -0.25) is 0 Å². The molecule has 1 aliphatic rings. The SMILES string of the molecule is COC(=O)c1ccccc1NC1CCC(C#N)CC1. The number of nitrogens with one attached hydrogen (secondary N) is 1. The molecule has 0 unspecified atom stereocenters. The molecule has 1 aromatic carbocycles. The van der Waals surface area contributed by atoms with E-state index in [1.807, 2.05) is 18.2 Å². The smallest absolute Gasteiger partial charge is 0.339 e. The van der Waals surface area contributed by atoms with Gasteiger partial charge in [0.05, 0.1) is 18.7 Å². The van der Waals surface area contributed by atoms with E-state index in [0.717, 1.165) is 31.4 Å². The van der Waals surface area contributed by atoms with E-state index >= 15 is 0 Å². The zero-order chi connectivity index (χ0) is 13.7. The van der Waals surface area contributed by atoms with Gasteiger partial charge in [-0.05, 0) is 37.8 Å². The van der Waals surface area contributed by atoms with Crippen LogP contribution in [0.5, 0.6) is 0 Å². The number of para-hydroxylation sites is 1. The van der Waals surface area contributed by atoms with Crippen molar-refractivity contribution in [2.24, 2.45) is 5.92 Å². The molecule has 1 aliphatic carbocycles. The van der Waals surface area contributed by atoms with Crippen LogP contribution in [0, 0.1) is 17.2 Å². The van der Waals surface area contributed by atoms with Crippen LogP contribution in [0.2, 0.25) is 0 Å². The highest BCUT2D eigenvalue weighted by Gasteiger charge is 2.22. The molecule has 100 valence electrons. The zero-order valence-corrected chi connectivity index (χ0v) is 11.1. The number of carbonyl (C=O) groups is 1. The summed E-state index contributed by atoms with van der Waals surface area (Å²) in [7, 11) is 1.39. The van der Waals surface area contributed by atoms with Crippen LogP contribution in [0.1, 0.15) is 36.0 Å². The standard InChI is InChI=1S/C15H18N2O2/c1-19-15(18)13-4-2-3-5-14(13)17-12-8-6-11(10-16)7-9-12/h2-5,11-12,17H,6-9H2,1H3. The number of esters is 1. The predicted molar refractivity (Wildman–Crippen MR) is 72.8 cm³/mol. The lowest BCUT2D eigenvalue weighted by molar-refractivity contribution is 0.0602. The third kappa shape index (κ3) is 3.25. The van der Waals surface area contributed by atoms with Crippen molar-refractivity contribution in [2.45, 2.75) is 31.7 Å². The quantitative estimate of drug-likeness (QED) is 0.847. The molecule has 0 radical (unpaired) electrons. The maximum atomic E-state index is 11.7. The molecule has 0 aliphatic heterocycles. The first-order chi connectivity index (χ1) is 9.24. The van der Waals surface area contributed by atoms with Crippen LogP contribution in [-0.4, -0.2) is 19.1 Å². The van der Waals surface area contributed by atoms with Crippen LogP contribution < -0.4 is 5.32 Å². The highest BCUT2D eigenvalue weighted by atomic mass is 16.5. The van der Waals surface area contributed by atoms with Crippen molar-refractivity contribution >= 4 is 11.7 Å². The molecular weight excluding hydrogens is 240 g/mol. The molecular formula is C15H18N2O2. The van der Waals surface area contributed by atoms with Gasteiger partial charge in [-0.2, -0.15) is 5.26 Å². The van der Waals surface area contributed by atoms with Crippen molar-refractivity contribution in [1.82, 2.24) is 0 Å². The van der Waals surface area contributed by atoms with Gasteiger partial charge in [-0.15, -0.1) is 0 Å². The molecule has 0 bridgehead atoms. The van der Waals surface area contributed by atoms with Crippen LogP contribution in [-0.2, 0) is 4.74 Å². The van der Waals surface area contributed by atoms with E-state index in [2.05, 4.69) is 11.4 Å². The van der Waals surface area contributed by atoms with Crippen LogP contribution >= 0.6 is 0 Å². The Hall–Kier alpha value is -2.02. The Bertz CT molecular complexity index is 485. The Morgan fingerprint density at radius 2 is 2.00 bits per heavy atom. The van der Waals surface area contributed by atoms with Gasteiger partial charge in [0.25, 0.3) is 0 Å². The van der Waals surface area contributed by atoms with Gasteiger partial charge in [0.1, 0.15) is 0 Å². The third-order valence-corrected chi connectivity index (χ3v) is 3.60. The minimum absolute atomic E-state index is 0.189. The van der Waals surface area contributed by atoms with Gasteiger partial charge in [0, 0.05) is 17.6 Å². The van der Waals surface area contributed by atoms with E-state index < -0.39 is 0 Å². The Morgan fingerprint density at radius 3 is 2.63 bits per heavy atom. The number of carbonyl (C=O) groups excluding carboxylic acids is 1. The van der Waals surface area contributed by atoms with Crippen molar-refractivity contribution in [1.29, 1.82) is 5.26 Å². The molecule has 0 saturated heterocycles. The summed E-state index contributed by atoms with van der Waals surface area (Å²) in [6.07, 6.45) is 3.78. The summed E-state index contributed by atoms with van der Waals surface area (Å²) in [6.45, 7) is 0. The maximum Gasteiger partial charge on any atom is 0.339 e. The fourth-order valence-electron chi connectivity index (χ4n) is 2.48. The summed E-state index contributed by atoms with van der Waals surface area (Å²) in [5, 5.41) is 12.3. The number of rotatable bonds is 3. The van der Waals surface area contributed by atoms with Crippen molar-refractivity contribution < 1.29 is 9.53 Å². The minimum atomic E-state index is -0.325. The highest BCUT2D eigenvalue weighted by molar-refractivity contribution is 5.95. The number of hydrogen-bond donors (Lipinski definition) is 1. The van der Waals surface area contributed by atoms with Crippen molar-refractivity contribution in [3.63, 3.8) is 0 Å². The lowest BCUT2D eigenvalue weighted by Gasteiger charge is -2.27. The second kappa shape index (κ2) is 6.24. The topological polar surface area (TPSA) is 62.1 Å². The minimum Gasteiger partial charge on any atom is -0.465 e. The van der Waals surface area contributed by atoms with Gasteiger partial charge in [-0.25, -0.2) is 4.79 Å². The van der Waals surface area contributed by atoms with Crippen LogP contribution in [0.15, 0.2) is 24.3 Å². The maximum absolute atomic E-state index is 11.7. The molecule has 0 heterocycles. The fourth-order valence-corrected chi connectivity index (χ4v) is 2.48. The number of ether oxygens (including phenoxy) is 1. The molecule has 2 rings (SSSR count). The first-order valence-corrected chi connectivity index (χ1v) is 6.58. The largest absolute Gasteiger partial charge is 0.465 e. The van der Waals surface area contributed by atoms with Crippen LogP contribution in [0.3, 0.4) is 0 Å². The molecule has 1 saturated carbocycles. The summed E-state index contributed by atoms with van der Waals surface area (Å²) >= 11 is 0. The van der Waals surface area contributed by atoms with Crippen molar-refractivity contribution in [2.75, 3.05) is 12.4 Å². The molecule has 0 aromatic heterocycles. The molecule has 0 amide bonds. The van der Waals surface area contributed by atoms with Gasteiger partial charge in [0.2, 0.25) is 0 Å². The Morgan fingerprint density at radius 1 is 1.32 bits per heavy atom. The average Bonchev–Trinajstić information content (AvgIpc) is 2.48. The lowest BCUT2D eigenvalue weighted by atomic mass is 9.87. The fraction of sp³-hybridized carbons (Fsp3) is 0.467. The zero-order valence-electron chi connectivity index (χ0n) is 11.1. The first-order valence-electron chi connectivity index (χ1n) is 6.58. The third-order valence-electron chi connectivity index (χ3n) is 3.60.